The van der Waals surface area contributed by atoms with Gasteiger partial charge in [-0.15, -0.1) is 0 Å². The molecule has 166 valence electrons. The summed E-state index contributed by atoms with van der Waals surface area (Å²) in [5.74, 6) is -0.389. The van der Waals surface area contributed by atoms with Gasteiger partial charge < -0.3 is 14.8 Å². The van der Waals surface area contributed by atoms with Crippen LogP contribution >= 0.6 is 0 Å². The molecule has 0 spiro atoms. The lowest BCUT2D eigenvalue weighted by atomic mass is 9.87. The van der Waals surface area contributed by atoms with Crippen molar-refractivity contribution in [3.63, 3.8) is 0 Å². The Hall–Kier alpha value is -1.26. The second-order valence-electron chi connectivity index (χ2n) is 10.1. The molecule has 0 saturated carbocycles. The van der Waals surface area contributed by atoms with E-state index in [0.29, 0.717) is 13.2 Å². The first kappa shape index (κ1) is 26.7. The van der Waals surface area contributed by atoms with Gasteiger partial charge in [0.2, 0.25) is 0 Å². The summed E-state index contributed by atoms with van der Waals surface area (Å²) in [5, 5.41) is 2.68. The van der Waals surface area contributed by atoms with Crippen LogP contribution in [0.15, 0.2) is 0 Å². The van der Waals surface area contributed by atoms with E-state index < -0.39 is 17.6 Å². The fraction of sp³-hybridized carbons (Fsp3) is 0.913. The van der Waals surface area contributed by atoms with Crippen LogP contribution in [0.1, 0.15) is 106 Å². The minimum Gasteiger partial charge on any atom is -0.464 e. The number of unbranched alkanes of at least 4 members (excludes halogenated alkanes) is 8. The van der Waals surface area contributed by atoms with Gasteiger partial charge in [0.15, 0.2) is 0 Å². The highest BCUT2D eigenvalue weighted by Crippen LogP contribution is 2.21. The van der Waals surface area contributed by atoms with Crippen LogP contribution in [0.2, 0.25) is 0 Å². The molecule has 5 nitrogen and oxygen atoms in total. The molecular weight excluding hydrogens is 354 g/mol. The summed E-state index contributed by atoms with van der Waals surface area (Å²) in [6.45, 7) is 14.6. The quantitative estimate of drug-likeness (QED) is 0.294. The summed E-state index contributed by atoms with van der Waals surface area (Å²) < 4.78 is 10.7. The summed E-state index contributed by atoms with van der Waals surface area (Å²) >= 11 is 0. The summed E-state index contributed by atoms with van der Waals surface area (Å²) in [4.78, 5) is 24.5. The van der Waals surface area contributed by atoms with Gasteiger partial charge in [0, 0.05) is 0 Å². The highest BCUT2D eigenvalue weighted by atomic mass is 16.6. The van der Waals surface area contributed by atoms with Crippen molar-refractivity contribution in [1.29, 1.82) is 0 Å². The largest absolute Gasteiger partial charge is 0.464 e. The summed E-state index contributed by atoms with van der Waals surface area (Å²) in [6.07, 6.45) is 10.4. The average Bonchev–Trinajstić information content (AvgIpc) is 2.57. The number of amides is 1. The standard InChI is InChI=1S/C23H45NO4/c1-8-9-10-11-12-13-14-15-16-17-27-20(25)19(23(5,6)7)24-21(26)28-18-22(2,3)4/h19H,8-18H2,1-7H3,(H,24,26). The van der Waals surface area contributed by atoms with Crippen molar-refractivity contribution in [3.05, 3.63) is 0 Å². The van der Waals surface area contributed by atoms with Gasteiger partial charge in [0.1, 0.15) is 6.04 Å². The molecule has 0 aliphatic rings. The number of alkyl carbamates (subject to hydrolysis) is 1. The van der Waals surface area contributed by atoms with Crippen molar-refractivity contribution in [2.24, 2.45) is 10.8 Å². The molecule has 0 aromatic heterocycles. The fourth-order valence-corrected chi connectivity index (χ4v) is 2.74. The molecule has 0 heterocycles. The Morgan fingerprint density at radius 1 is 0.786 bits per heavy atom. The zero-order chi connectivity index (χ0) is 21.6. The van der Waals surface area contributed by atoms with E-state index in [2.05, 4.69) is 12.2 Å². The molecule has 0 rings (SSSR count). The number of carbonyl (C=O) groups is 2. The third-order valence-corrected chi connectivity index (χ3v) is 4.49. The first-order valence-electron chi connectivity index (χ1n) is 11.1. The number of hydrogen-bond donors (Lipinski definition) is 1. The predicted molar refractivity (Wildman–Crippen MR) is 115 cm³/mol. The van der Waals surface area contributed by atoms with Crippen LogP contribution in [0.25, 0.3) is 0 Å². The van der Waals surface area contributed by atoms with E-state index in [1.54, 1.807) is 0 Å². The second kappa shape index (κ2) is 13.8. The molecule has 0 aliphatic heterocycles. The second-order valence-corrected chi connectivity index (χ2v) is 10.1. The van der Waals surface area contributed by atoms with Crippen LogP contribution in [-0.2, 0) is 14.3 Å². The number of carbonyl (C=O) groups excluding carboxylic acids is 2. The first-order chi connectivity index (χ1) is 13.0. The van der Waals surface area contributed by atoms with Gasteiger partial charge >= 0.3 is 12.1 Å². The van der Waals surface area contributed by atoms with Crippen LogP contribution in [0.5, 0.6) is 0 Å². The Kier molecular flexibility index (Phi) is 13.2. The summed E-state index contributed by atoms with van der Waals surface area (Å²) in [7, 11) is 0. The SMILES string of the molecule is CCCCCCCCCCCOC(=O)C(NC(=O)OCC(C)(C)C)C(C)(C)C. The van der Waals surface area contributed by atoms with Gasteiger partial charge in [0.05, 0.1) is 13.2 Å². The number of nitrogens with one attached hydrogen (secondary N) is 1. The average molecular weight is 400 g/mol. The van der Waals surface area contributed by atoms with Crippen LogP contribution in [-0.4, -0.2) is 31.3 Å². The zero-order valence-electron chi connectivity index (χ0n) is 19.5. The van der Waals surface area contributed by atoms with E-state index >= 15 is 0 Å². The maximum Gasteiger partial charge on any atom is 0.407 e. The molecule has 0 fully saturated rings. The lowest BCUT2D eigenvalue weighted by molar-refractivity contribution is -0.149. The Morgan fingerprint density at radius 3 is 1.75 bits per heavy atom. The summed E-state index contributed by atoms with van der Waals surface area (Å²) in [6, 6.07) is -0.724. The van der Waals surface area contributed by atoms with Gasteiger partial charge in [-0.1, -0.05) is 99.8 Å². The number of esters is 1. The van der Waals surface area contributed by atoms with E-state index in [4.69, 9.17) is 9.47 Å². The third-order valence-electron chi connectivity index (χ3n) is 4.49. The van der Waals surface area contributed by atoms with Crippen molar-refractivity contribution >= 4 is 12.1 Å². The molecule has 1 amide bonds. The molecule has 1 N–H and O–H groups in total. The Bertz CT molecular complexity index is 435. The van der Waals surface area contributed by atoms with Gasteiger partial charge in [0.25, 0.3) is 0 Å². The highest BCUT2D eigenvalue weighted by Gasteiger charge is 2.34. The van der Waals surface area contributed by atoms with Crippen LogP contribution in [0.3, 0.4) is 0 Å². The van der Waals surface area contributed by atoms with E-state index in [9.17, 15) is 9.59 Å². The lowest BCUT2D eigenvalue weighted by Crippen LogP contribution is -2.50. The Morgan fingerprint density at radius 2 is 1.29 bits per heavy atom. The lowest BCUT2D eigenvalue weighted by Gasteiger charge is -2.29. The van der Waals surface area contributed by atoms with Crippen molar-refractivity contribution in [2.75, 3.05) is 13.2 Å². The Labute approximate surface area is 173 Å². The smallest absolute Gasteiger partial charge is 0.407 e. The predicted octanol–water partition coefficient (Wildman–Crippen LogP) is 6.25. The molecule has 0 aromatic carbocycles. The molecule has 1 unspecified atom stereocenters. The number of ether oxygens (including phenoxy) is 2. The maximum absolute atomic E-state index is 12.5. The molecule has 0 radical (unpaired) electrons. The van der Waals surface area contributed by atoms with Crippen molar-refractivity contribution in [1.82, 2.24) is 5.32 Å². The maximum atomic E-state index is 12.5. The first-order valence-corrected chi connectivity index (χ1v) is 11.1. The van der Waals surface area contributed by atoms with E-state index in [1.807, 2.05) is 41.5 Å². The van der Waals surface area contributed by atoms with E-state index in [1.165, 1.54) is 44.9 Å². The van der Waals surface area contributed by atoms with Gasteiger partial charge in [-0.2, -0.15) is 0 Å². The van der Waals surface area contributed by atoms with Crippen molar-refractivity contribution < 1.29 is 19.1 Å². The van der Waals surface area contributed by atoms with Gasteiger partial charge in [-0.25, -0.2) is 9.59 Å². The molecule has 0 saturated heterocycles. The zero-order valence-corrected chi connectivity index (χ0v) is 19.5. The Balaban J connectivity index is 4.13. The monoisotopic (exact) mass is 399 g/mol. The van der Waals surface area contributed by atoms with E-state index in [-0.39, 0.29) is 11.4 Å². The van der Waals surface area contributed by atoms with Gasteiger partial charge in [-0.3, -0.25) is 0 Å². The fourth-order valence-electron chi connectivity index (χ4n) is 2.74. The normalized spacial score (nSPS) is 13.1. The molecule has 5 heteroatoms. The molecule has 0 aliphatic carbocycles. The van der Waals surface area contributed by atoms with Crippen LogP contribution in [0.4, 0.5) is 4.79 Å². The number of hydrogen-bond acceptors (Lipinski definition) is 4. The van der Waals surface area contributed by atoms with E-state index in [0.717, 1.165) is 12.8 Å². The highest BCUT2D eigenvalue weighted by molar-refractivity contribution is 5.82. The minimum absolute atomic E-state index is 0.120. The van der Waals surface area contributed by atoms with Crippen LogP contribution < -0.4 is 5.32 Å². The molecule has 28 heavy (non-hydrogen) atoms. The summed E-state index contributed by atoms with van der Waals surface area (Å²) in [5.41, 5.74) is -0.568. The molecule has 0 bridgehead atoms. The van der Waals surface area contributed by atoms with Crippen LogP contribution in [0, 0.1) is 10.8 Å². The topological polar surface area (TPSA) is 64.6 Å². The van der Waals surface area contributed by atoms with Gasteiger partial charge in [-0.05, 0) is 17.3 Å². The number of rotatable bonds is 13. The third kappa shape index (κ3) is 14.8. The minimum atomic E-state index is -0.724. The van der Waals surface area contributed by atoms with Crippen molar-refractivity contribution in [3.8, 4) is 0 Å². The molecule has 0 aromatic rings. The molecule has 1 atom stereocenters. The van der Waals surface area contributed by atoms with Crippen molar-refractivity contribution in [2.45, 2.75) is 112 Å². The molecular formula is C23H45NO4.